The summed E-state index contributed by atoms with van der Waals surface area (Å²) in [5.74, 6) is 2.63. The first kappa shape index (κ1) is 49.2. The van der Waals surface area contributed by atoms with Crippen LogP contribution in [0.2, 0.25) is 0 Å². The molecule has 0 spiro atoms. The van der Waals surface area contributed by atoms with Crippen molar-refractivity contribution in [2.24, 2.45) is 61.3 Å². The molecule has 0 amide bonds. The van der Waals surface area contributed by atoms with E-state index in [1.54, 1.807) is 0 Å². The Hall–Kier alpha value is -3.17. The van der Waals surface area contributed by atoms with Crippen molar-refractivity contribution in [3.63, 3.8) is 0 Å². The van der Waals surface area contributed by atoms with Crippen molar-refractivity contribution < 1.29 is 15.6 Å². The topological polar surface area (TPSA) is 179 Å². The molecule has 1 aliphatic carbocycles. The van der Waals surface area contributed by atoms with Crippen LogP contribution in [0.1, 0.15) is 154 Å². The number of likely N-dealkylation sites (tertiary alicyclic amines) is 1. The normalized spacial score (nSPS) is 19.2. The molecule has 1 saturated carbocycles. The lowest BCUT2D eigenvalue weighted by Crippen LogP contribution is -2.44. The van der Waals surface area contributed by atoms with Crippen LogP contribution in [0, 0.1) is 28.6 Å². The van der Waals surface area contributed by atoms with Crippen molar-refractivity contribution in [2.75, 3.05) is 13.1 Å². The number of hydrogen-bond acceptors (Lipinski definition) is 6. The second-order valence-corrected chi connectivity index (χ2v) is 14.8. The lowest BCUT2D eigenvalue weighted by Gasteiger charge is -2.38. The number of nitrogens with zero attached hydrogens (tertiary/aromatic N) is 4. The summed E-state index contributed by atoms with van der Waals surface area (Å²) in [5, 5.41) is 34.6. The Morgan fingerprint density at radius 2 is 1.00 bits per heavy atom. The number of amidine groups is 2. The summed E-state index contributed by atoms with van der Waals surface area (Å²) in [5.41, 5.74) is 19.4. The van der Waals surface area contributed by atoms with E-state index in [2.05, 4.69) is 77.8 Å². The molecular formula is C38H77N7O3. The molecule has 1 saturated heterocycles. The Bertz CT molecular complexity index is 970. The fraction of sp³-hybridized carbons (Fsp3) is 0.763. The van der Waals surface area contributed by atoms with Gasteiger partial charge in [0, 0.05) is 24.6 Å². The second kappa shape index (κ2) is 24.9. The van der Waals surface area contributed by atoms with Crippen LogP contribution in [0.5, 0.6) is 0 Å². The predicted molar refractivity (Wildman–Crippen MR) is 207 cm³/mol. The molecule has 282 valence electrons. The standard InChI is InChI=1S/C11H22N2O.C11H16N2O.C10H21N3O.3C2H6/c2*1-11(2,3)9-6-4-8(5-7-9)10(12)13-14;1-10(2,3)8-4-6-13(7-5-8)9(11)12-14;3*1-2/h8-9,14H,4-7H2,1-3H3,(H2,12,13);4-7,14H,1-3H3,(H2,12,13);8,14H,4-7H2,1-3H3,(H2,11,12);3*1-2H3. The average Bonchev–Trinajstić information content (AvgIpc) is 3.09. The average molecular weight is 680 g/mol. The molecule has 1 heterocycles. The smallest absolute Gasteiger partial charge is 0.233 e. The van der Waals surface area contributed by atoms with Gasteiger partial charge in [-0.3, -0.25) is 0 Å². The second-order valence-electron chi connectivity index (χ2n) is 14.8. The molecule has 0 radical (unpaired) electrons. The summed E-state index contributed by atoms with van der Waals surface area (Å²) in [6, 6.07) is 7.70. The summed E-state index contributed by atoms with van der Waals surface area (Å²) < 4.78 is 0. The fourth-order valence-corrected chi connectivity index (χ4v) is 5.57. The van der Waals surface area contributed by atoms with Gasteiger partial charge in [0.2, 0.25) is 5.96 Å². The van der Waals surface area contributed by atoms with E-state index in [1.165, 1.54) is 18.4 Å². The van der Waals surface area contributed by atoms with Gasteiger partial charge in [-0.1, -0.05) is 144 Å². The number of oxime groups is 3. The van der Waals surface area contributed by atoms with Crippen LogP contribution >= 0.6 is 0 Å². The van der Waals surface area contributed by atoms with Crippen LogP contribution in [0.25, 0.3) is 0 Å². The third-order valence-electron chi connectivity index (χ3n) is 8.79. The molecule has 0 unspecified atom stereocenters. The maximum Gasteiger partial charge on any atom is 0.233 e. The number of guanidine groups is 1. The largest absolute Gasteiger partial charge is 0.409 e. The van der Waals surface area contributed by atoms with Gasteiger partial charge in [0.25, 0.3) is 0 Å². The van der Waals surface area contributed by atoms with E-state index in [-0.39, 0.29) is 17.2 Å². The van der Waals surface area contributed by atoms with Crippen molar-refractivity contribution in [3.05, 3.63) is 35.4 Å². The minimum Gasteiger partial charge on any atom is -0.409 e. The van der Waals surface area contributed by atoms with Crippen LogP contribution in [0.15, 0.2) is 39.7 Å². The van der Waals surface area contributed by atoms with Crippen LogP contribution in [-0.4, -0.2) is 51.2 Å². The molecule has 48 heavy (non-hydrogen) atoms. The van der Waals surface area contributed by atoms with Crippen LogP contribution in [0.4, 0.5) is 0 Å². The summed E-state index contributed by atoms with van der Waals surface area (Å²) >= 11 is 0. The van der Waals surface area contributed by atoms with Crippen molar-refractivity contribution in [2.45, 2.75) is 148 Å². The molecule has 3 rings (SSSR count). The van der Waals surface area contributed by atoms with Gasteiger partial charge < -0.3 is 37.7 Å². The third kappa shape index (κ3) is 19.0. The lowest BCUT2D eigenvalue weighted by molar-refractivity contribution is 0.146. The van der Waals surface area contributed by atoms with E-state index in [0.29, 0.717) is 22.6 Å². The first-order valence-corrected chi connectivity index (χ1v) is 18.1. The van der Waals surface area contributed by atoms with Gasteiger partial charge in [-0.05, 0) is 72.2 Å². The summed E-state index contributed by atoms with van der Waals surface area (Å²) in [7, 11) is 0. The monoisotopic (exact) mass is 680 g/mol. The van der Waals surface area contributed by atoms with Gasteiger partial charge in [-0.25, -0.2) is 0 Å². The molecule has 1 aromatic rings. The van der Waals surface area contributed by atoms with Crippen molar-refractivity contribution in [1.82, 2.24) is 4.90 Å². The molecule has 9 N–H and O–H groups in total. The zero-order valence-electron chi connectivity index (χ0n) is 33.6. The molecule has 10 heteroatoms. The van der Waals surface area contributed by atoms with Gasteiger partial charge >= 0.3 is 0 Å². The first-order valence-electron chi connectivity index (χ1n) is 18.1. The minimum absolute atomic E-state index is 0.129. The maximum absolute atomic E-state index is 8.58. The highest BCUT2D eigenvalue weighted by molar-refractivity contribution is 5.97. The van der Waals surface area contributed by atoms with E-state index >= 15 is 0 Å². The molecule has 0 bridgehead atoms. The Labute approximate surface area is 295 Å². The lowest BCUT2D eigenvalue weighted by atomic mass is 9.69. The molecule has 0 atom stereocenters. The predicted octanol–water partition coefficient (Wildman–Crippen LogP) is 9.19. The van der Waals surface area contributed by atoms with Crippen LogP contribution < -0.4 is 17.2 Å². The summed E-state index contributed by atoms with van der Waals surface area (Å²) in [6.45, 7) is 33.9. The van der Waals surface area contributed by atoms with E-state index in [1.807, 2.05) is 70.7 Å². The van der Waals surface area contributed by atoms with Crippen LogP contribution in [-0.2, 0) is 5.41 Å². The van der Waals surface area contributed by atoms with Gasteiger partial charge in [-0.15, -0.1) is 0 Å². The Kier molecular flexibility index (Phi) is 25.5. The molecule has 2 fully saturated rings. The molecular weight excluding hydrogens is 602 g/mol. The highest BCUT2D eigenvalue weighted by Gasteiger charge is 2.31. The number of rotatable bonds is 2. The molecule has 0 aromatic heterocycles. The molecule has 1 aliphatic heterocycles. The van der Waals surface area contributed by atoms with E-state index in [0.717, 1.165) is 56.2 Å². The highest BCUT2D eigenvalue weighted by atomic mass is 16.4. The van der Waals surface area contributed by atoms with Crippen LogP contribution in [0.3, 0.4) is 0 Å². The zero-order chi connectivity index (χ0) is 38.3. The summed E-state index contributed by atoms with van der Waals surface area (Å²) in [6.07, 6.45) is 6.78. The number of piperidine rings is 1. The Morgan fingerprint density at radius 1 is 0.604 bits per heavy atom. The van der Waals surface area contributed by atoms with E-state index < -0.39 is 0 Å². The zero-order valence-corrected chi connectivity index (χ0v) is 33.6. The SMILES string of the molecule is CC.CC.CC.CC(C)(C)C1CCC(/C(N)=N/O)CC1.CC(C)(C)C1CCN(/C(N)=N/O)CC1.CC(C)(C)c1ccc(/C(N)=N/O)cc1. The Morgan fingerprint density at radius 3 is 1.31 bits per heavy atom. The quantitative estimate of drug-likeness (QED) is 0.0780. The first-order chi connectivity index (χ1) is 22.3. The van der Waals surface area contributed by atoms with E-state index in [9.17, 15) is 0 Å². The fourth-order valence-electron chi connectivity index (χ4n) is 5.57. The van der Waals surface area contributed by atoms with Crippen molar-refractivity contribution >= 4 is 17.6 Å². The van der Waals surface area contributed by atoms with Crippen molar-refractivity contribution in [3.8, 4) is 0 Å². The van der Waals surface area contributed by atoms with Gasteiger partial charge in [0.1, 0.15) is 5.84 Å². The van der Waals surface area contributed by atoms with Gasteiger partial charge in [-0.2, -0.15) is 0 Å². The maximum atomic E-state index is 8.58. The number of nitrogens with two attached hydrogens (primary N) is 3. The number of hydrogen-bond donors (Lipinski definition) is 6. The molecule has 10 nitrogen and oxygen atoms in total. The van der Waals surface area contributed by atoms with E-state index in [4.69, 9.17) is 32.8 Å². The van der Waals surface area contributed by atoms with Crippen molar-refractivity contribution in [1.29, 1.82) is 0 Å². The highest BCUT2D eigenvalue weighted by Crippen LogP contribution is 2.39. The van der Waals surface area contributed by atoms with Gasteiger partial charge in [0.05, 0.1) is 0 Å². The Balaban J connectivity index is -0.000000585. The third-order valence-corrected chi connectivity index (χ3v) is 8.79. The number of benzene rings is 1. The summed E-state index contributed by atoms with van der Waals surface area (Å²) in [4.78, 5) is 1.93. The molecule has 2 aliphatic rings. The molecule has 1 aromatic carbocycles. The minimum atomic E-state index is 0.129. The van der Waals surface area contributed by atoms with Gasteiger partial charge in [0.15, 0.2) is 5.84 Å².